The largest absolute Gasteiger partial charge is 0.481 e. The SMILES string of the molecule is CCn1cnc2cc(CCCCC(=O)O)ccc21. The van der Waals surface area contributed by atoms with Gasteiger partial charge in [0, 0.05) is 13.0 Å². The van der Waals surface area contributed by atoms with Crippen LogP contribution in [0.15, 0.2) is 24.5 Å². The third kappa shape index (κ3) is 2.88. The number of benzene rings is 1. The van der Waals surface area contributed by atoms with Gasteiger partial charge in [-0.15, -0.1) is 0 Å². The van der Waals surface area contributed by atoms with E-state index in [1.165, 1.54) is 5.56 Å². The number of hydrogen-bond donors (Lipinski definition) is 1. The molecule has 4 nitrogen and oxygen atoms in total. The predicted octanol–water partition coefficient (Wildman–Crippen LogP) is 2.85. The van der Waals surface area contributed by atoms with Gasteiger partial charge in [-0.25, -0.2) is 4.98 Å². The smallest absolute Gasteiger partial charge is 0.303 e. The van der Waals surface area contributed by atoms with Crippen LogP contribution < -0.4 is 0 Å². The van der Waals surface area contributed by atoms with Gasteiger partial charge >= 0.3 is 5.97 Å². The first-order valence-corrected chi connectivity index (χ1v) is 6.36. The molecule has 0 radical (unpaired) electrons. The van der Waals surface area contributed by atoms with E-state index in [2.05, 4.69) is 34.7 Å². The van der Waals surface area contributed by atoms with Crippen LogP contribution in [0.5, 0.6) is 0 Å². The number of unbranched alkanes of at least 4 members (excludes halogenated alkanes) is 1. The van der Waals surface area contributed by atoms with Crippen LogP contribution in [-0.2, 0) is 17.8 Å². The molecule has 0 unspecified atom stereocenters. The van der Waals surface area contributed by atoms with E-state index in [-0.39, 0.29) is 6.42 Å². The summed E-state index contributed by atoms with van der Waals surface area (Å²) in [5, 5.41) is 8.57. The Bertz CT molecular complexity index is 546. The molecule has 0 fully saturated rings. The number of aliphatic carboxylic acids is 1. The van der Waals surface area contributed by atoms with Gasteiger partial charge in [-0.3, -0.25) is 4.79 Å². The van der Waals surface area contributed by atoms with Gasteiger partial charge in [-0.2, -0.15) is 0 Å². The molecule has 0 amide bonds. The van der Waals surface area contributed by atoms with E-state index in [1.807, 2.05) is 6.33 Å². The number of imidazole rings is 1. The van der Waals surface area contributed by atoms with Crippen molar-refractivity contribution in [2.24, 2.45) is 0 Å². The quantitative estimate of drug-likeness (QED) is 0.797. The highest BCUT2D eigenvalue weighted by Crippen LogP contribution is 2.16. The van der Waals surface area contributed by atoms with Crippen LogP contribution in [0.25, 0.3) is 11.0 Å². The van der Waals surface area contributed by atoms with Crippen LogP contribution in [0.1, 0.15) is 31.7 Å². The lowest BCUT2D eigenvalue weighted by molar-refractivity contribution is -0.137. The fraction of sp³-hybridized carbons (Fsp3) is 0.429. The van der Waals surface area contributed by atoms with Crippen molar-refractivity contribution in [3.05, 3.63) is 30.1 Å². The Morgan fingerprint density at radius 1 is 1.39 bits per heavy atom. The van der Waals surface area contributed by atoms with Gasteiger partial charge in [0.25, 0.3) is 0 Å². The zero-order valence-electron chi connectivity index (χ0n) is 10.6. The molecule has 0 atom stereocenters. The van der Waals surface area contributed by atoms with Gasteiger partial charge in [-0.05, 0) is 43.9 Å². The second-order valence-electron chi connectivity index (χ2n) is 4.45. The molecule has 2 aromatic rings. The first-order chi connectivity index (χ1) is 8.70. The van der Waals surface area contributed by atoms with Crippen LogP contribution in [0.2, 0.25) is 0 Å². The minimum atomic E-state index is -0.716. The predicted molar refractivity (Wildman–Crippen MR) is 70.6 cm³/mol. The molecule has 0 saturated carbocycles. The van der Waals surface area contributed by atoms with Crippen molar-refractivity contribution in [3.8, 4) is 0 Å². The average molecular weight is 246 g/mol. The summed E-state index contributed by atoms with van der Waals surface area (Å²) in [4.78, 5) is 14.8. The number of rotatable bonds is 6. The second-order valence-corrected chi connectivity index (χ2v) is 4.45. The molecule has 18 heavy (non-hydrogen) atoms. The van der Waals surface area contributed by atoms with Crippen molar-refractivity contribution in [2.75, 3.05) is 0 Å². The minimum absolute atomic E-state index is 0.257. The van der Waals surface area contributed by atoms with Gasteiger partial charge in [0.1, 0.15) is 0 Å². The molecule has 1 aromatic heterocycles. The zero-order valence-corrected chi connectivity index (χ0v) is 10.6. The second kappa shape index (κ2) is 5.67. The molecule has 0 aliphatic rings. The molecule has 4 heteroatoms. The Labute approximate surface area is 106 Å². The van der Waals surface area contributed by atoms with E-state index in [1.54, 1.807) is 0 Å². The Morgan fingerprint density at radius 2 is 2.22 bits per heavy atom. The third-order valence-electron chi connectivity index (χ3n) is 3.13. The summed E-state index contributed by atoms with van der Waals surface area (Å²) in [7, 11) is 0. The molecule has 1 N–H and O–H groups in total. The Morgan fingerprint density at radius 3 is 2.94 bits per heavy atom. The molecule has 96 valence electrons. The van der Waals surface area contributed by atoms with Crippen molar-refractivity contribution >= 4 is 17.0 Å². The topological polar surface area (TPSA) is 55.1 Å². The first kappa shape index (κ1) is 12.6. The summed E-state index contributed by atoms with van der Waals surface area (Å²) in [5.41, 5.74) is 3.41. The van der Waals surface area contributed by atoms with Crippen LogP contribution in [-0.4, -0.2) is 20.6 Å². The van der Waals surface area contributed by atoms with E-state index in [9.17, 15) is 4.79 Å². The van der Waals surface area contributed by atoms with E-state index in [4.69, 9.17) is 5.11 Å². The normalized spacial score (nSPS) is 10.9. The van der Waals surface area contributed by atoms with Crippen LogP contribution in [0.4, 0.5) is 0 Å². The van der Waals surface area contributed by atoms with Crippen molar-refractivity contribution in [1.82, 2.24) is 9.55 Å². The molecule has 0 aliphatic heterocycles. The van der Waals surface area contributed by atoms with E-state index < -0.39 is 5.97 Å². The number of carboxylic acids is 1. The lowest BCUT2D eigenvalue weighted by atomic mass is 10.1. The minimum Gasteiger partial charge on any atom is -0.481 e. The third-order valence-corrected chi connectivity index (χ3v) is 3.13. The maximum atomic E-state index is 10.4. The number of carboxylic acid groups (broad SMARTS) is 1. The number of hydrogen-bond acceptors (Lipinski definition) is 2. The number of fused-ring (bicyclic) bond motifs is 1. The Balaban J connectivity index is 2.00. The Hall–Kier alpha value is -1.84. The molecular formula is C14H18N2O2. The molecule has 0 bridgehead atoms. The molecule has 1 aromatic carbocycles. The first-order valence-electron chi connectivity index (χ1n) is 6.36. The number of nitrogens with zero attached hydrogens (tertiary/aromatic N) is 2. The Kier molecular flexibility index (Phi) is 3.97. The van der Waals surface area contributed by atoms with Crippen LogP contribution in [0, 0.1) is 0 Å². The van der Waals surface area contributed by atoms with Gasteiger partial charge in [0.15, 0.2) is 0 Å². The maximum absolute atomic E-state index is 10.4. The van der Waals surface area contributed by atoms with E-state index >= 15 is 0 Å². The summed E-state index contributed by atoms with van der Waals surface area (Å²) in [5.74, 6) is -0.716. The summed E-state index contributed by atoms with van der Waals surface area (Å²) >= 11 is 0. The standard InChI is InChI=1S/C14H18N2O2/c1-2-16-10-15-12-9-11(7-8-13(12)16)5-3-4-6-14(17)18/h7-10H,2-6H2,1H3,(H,17,18). The maximum Gasteiger partial charge on any atom is 0.303 e. The highest BCUT2D eigenvalue weighted by molar-refractivity contribution is 5.76. The molecule has 0 saturated heterocycles. The van der Waals surface area contributed by atoms with Crippen LogP contribution >= 0.6 is 0 Å². The van der Waals surface area contributed by atoms with Gasteiger partial charge in [0.2, 0.25) is 0 Å². The lowest BCUT2D eigenvalue weighted by Crippen LogP contribution is -1.95. The molecular weight excluding hydrogens is 228 g/mol. The highest BCUT2D eigenvalue weighted by atomic mass is 16.4. The number of carbonyl (C=O) groups is 1. The summed E-state index contributed by atoms with van der Waals surface area (Å²) in [6.07, 6.45) is 4.68. The monoisotopic (exact) mass is 246 g/mol. The van der Waals surface area contributed by atoms with Gasteiger partial charge < -0.3 is 9.67 Å². The molecule has 0 spiro atoms. The number of aromatic nitrogens is 2. The van der Waals surface area contributed by atoms with E-state index in [0.717, 1.165) is 36.8 Å². The van der Waals surface area contributed by atoms with Gasteiger partial charge in [0.05, 0.1) is 17.4 Å². The van der Waals surface area contributed by atoms with Gasteiger partial charge in [-0.1, -0.05) is 6.07 Å². The molecule has 2 rings (SSSR count). The zero-order chi connectivity index (χ0) is 13.0. The van der Waals surface area contributed by atoms with Crippen molar-refractivity contribution in [2.45, 2.75) is 39.2 Å². The highest BCUT2D eigenvalue weighted by Gasteiger charge is 2.03. The van der Waals surface area contributed by atoms with E-state index in [0.29, 0.717) is 0 Å². The molecule has 0 aliphatic carbocycles. The van der Waals surface area contributed by atoms with Crippen molar-refractivity contribution in [1.29, 1.82) is 0 Å². The fourth-order valence-electron chi connectivity index (χ4n) is 2.12. The fourth-order valence-corrected chi connectivity index (χ4v) is 2.12. The van der Waals surface area contributed by atoms with Crippen molar-refractivity contribution in [3.63, 3.8) is 0 Å². The summed E-state index contributed by atoms with van der Waals surface area (Å²) in [6.45, 7) is 3.02. The average Bonchev–Trinajstić information content (AvgIpc) is 2.76. The molecule has 1 heterocycles. The lowest BCUT2D eigenvalue weighted by Gasteiger charge is -2.02. The van der Waals surface area contributed by atoms with Crippen molar-refractivity contribution < 1.29 is 9.90 Å². The summed E-state index contributed by atoms with van der Waals surface area (Å²) in [6, 6.07) is 6.30. The van der Waals surface area contributed by atoms with Crippen LogP contribution in [0.3, 0.4) is 0 Å². The number of aryl methyl sites for hydroxylation is 2. The summed E-state index contributed by atoms with van der Waals surface area (Å²) < 4.78 is 2.11.